The molecular weight excluding hydrogens is 318 g/mol. The first-order chi connectivity index (χ1) is 12.8. The van der Waals surface area contributed by atoms with Gasteiger partial charge in [0.2, 0.25) is 5.91 Å². The first-order valence-corrected chi connectivity index (χ1v) is 11.8. The summed E-state index contributed by atoms with van der Waals surface area (Å²) in [6.07, 6.45) is 28.8. The van der Waals surface area contributed by atoms with Crippen LogP contribution in [-0.4, -0.2) is 11.9 Å². The second-order valence-corrected chi connectivity index (χ2v) is 8.24. The van der Waals surface area contributed by atoms with Crippen LogP contribution in [0.4, 0.5) is 0 Å². The maximum absolute atomic E-state index is 11.9. The minimum absolute atomic E-state index is 0.287. The summed E-state index contributed by atoms with van der Waals surface area (Å²) in [6, 6.07) is 0.472. The molecule has 2 heteroatoms. The summed E-state index contributed by atoms with van der Waals surface area (Å²) in [5.74, 6) is 0.287. The van der Waals surface area contributed by atoms with Crippen molar-refractivity contribution in [3.63, 3.8) is 0 Å². The molecule has 1 aliphatic rings. The van der Waals surface area contributed by atoms with Gasteiger partial charge in [-0.15, -0.1) is 0 Å². The van der Waals surface area contributed by atoms with E-state index in [-0.39, 0.29) is 5.91 Å². The minimum atomic E-state index is 0.287. The fourth-order valence-corrected chi connectivity index (χ4v) is 3.90. The standard InChI is InChI=1S/C24H45NO/c1-2-3-4-5-6-7-8-9-10-11-12-13-14-15-19-22-24(26)25-23-20-17-16-18-21-23/h9-10,23H,2-8,11-22H2,1H3,(H,25,26)/b10-9+. The molecule has 152 valence electrons. The van der Waals surface area contributed by atoms with Crippen LogP contribution in [0.5, 0.6) is 0 Å². The molecule has 1 N–H and O–H groups in total. The summed E-state index contributed by atoms with van der Waals surface area (Å²) in [4.78, 5) is 11.9. The smallest absolute Gasteiger partial charge is 0.220 e. The van der Waals surface area contributed by atoms with Crippen LogP contribution in [0.15, 0.2) is 12.2 Å². The number of hydrogen-bond donors (Lipinski definition) is 1. The maximum atomic E-state index is 11.9. The van der Waals surface area contributed by atoms with Crippen molar-refractivity contribution >= 4 is 5.91 Å². The molecule has 1 saturated carbocycles. The summed E-state index contributed by atoms with van der Waals surface area (Å²) in [7, 11) is 0. The van der Waals surface area contributed by atoms with Crippen LogP contribution in [0.2, 0.25) is 0 Å². The first-order valence-electron chi connectivity index (χ1n) is 11.8. The number of rotatable bonds is 16. The minimum Gasteiger partial charge on any atom is -0.353 e. The van der Waals surface area contributed by atoms with Crippen molar-refractivity contribution in [1.82, 2.24) is 5.32 Å². The lowest BCUT2D eigenvalue weighted by molar-refractivity contribution is -0.122. The SMILES string of the molecule is CCCCCCCC/C=C/CCCCCCCC(=O)NC1CCCCC1. The average molecular weight is 364 g/mol. The first kappa shape index (κ1) is 23.2. The highest BCUT2D eigenvalue weighted by atomic mass is 16.1. The zero-order valence-corrected chi connectivity index (χ0v) is 17.6. The van der Waals surface area contributed by atoms with Crippen molar-refractivity contribution in [2.75, 3.05) is 0 Å². The predicted molar refractivity (Wildman–Crippen MR) is 114 cm³/mol. The lowest BCUT2D eigenvalue weighted by Gasteiger charge is -2.22. The maximum Gasteiger partial charge on any atom is 0.220 e. The molecule has 1 fully saturated rings. The van der Waals surface area contributed by atoms with Crippen molar-refractivity contribution in [1.29, 1.82) is 0 Å². The molecule has 0 aromatic heterocycles. The third-order valence-electron chi connectivity index (χ3n) is 5.64. The Bertz CT molecular complexity index is 344. The van der Waals surface area contributed by atoms with E-state index in [1.54, 1.807) is 0 Å². The van der Waals surface area contributed by atoms with Crippen molar-refractivity contribution in [3.8, 4) is 0 Å². The molecule has 1 rings (SSSR count). The predicted octanol–water partition coefficient (Wildman–Crippen LogP) is 7.47. The van der Waals surface area contributed by atoms with E-state index in [1.807, 2.05) is 0 Å². The van der Waals surface area contributed by atoms with Gasteiger partial charge in [0.1, 0.15) is 0 Å². The fourth-order valence-electron chi connectivity index (χ4n) is 3.90. The van der Waals surface area contributed by atoms with E-state index >= 15 is 0 Å². The second-order valence-electron chi connectivity index (χ2n) is 8.24. The molecule has 2 nitrogen and oxygen atoms in total. The zero-order chi connectivity index (χ0) is 18.7. The van der Waals surface area contributed by atoms with Crippen LogP contribution < -0.4 is 5.32 Å². The lowest BCUT2D eigenvalue weighted by Crippen LogP contribution is -2.35. The molecule has 0 unspecified atom stereocenters. The van der Waals surface area contributed by atoms with Gasteiger partial charge < -0.3 is 5.32 Å². The fraction of sp³-hybridized carbons (Fsp3) is 0.875. The van der Waals surface area contributed by atoms with Crippen LogP contribution in [0.3, 0.4) is 0 Å². The molecule has 0 spiro atoms. The van der Waals surface area contributed by atoms with Crippen LogP contribution in [-0.2, 0) is 4.79 Å². The van der Waals surface area contributed by atoms with Gasteiger partial charge in [-0.05, 0) is 44.9 Å². The van der Waals surface area contributed by atoms with Gasteiger partial charge in [0, 0.05) is 12.5 Å². The largest absolute Gasteiger partial charge is 0.353 e. The zero-order valence-electron chi connectivity index (χ0n) is 17.6. The van der Waals surface area contributed by atoms with Gasteiger partial charge in [-0.1, -0.05) is 89.7 Å². The van der Waals surface area contributed by atoms with Gasteiger partial charge in [-0.3, -0.25) is 4.79 Å². The number of carbonyl (C=O) groups excluding carboxylic acids is 1. The highest BCUT2D eigenvalue weighted by molar-refractivity contribution is 5.76. The van der Waals surface area contributed by atoms with E-state index in [4.69, 9.17) is 0 Å². The number of hydrogen-bond acceptors (Lipinski definition) is 1. The van der Waals surface area contributed by atoms with E-state index in [0.717, 1.165) is 12.8 Å². The quantitative estimate of drug-likeness (QED) is 0.223. The van der Waals surface area contributed by atoms with Crippen LogP contribution in [0, 0.1) is 0 Å². The van der Waals surface area contributed by atoms with Crippen LogP contribution in [0.25, 0.3) is 0 Å². The molecule has 26 heavy (non-hydrogen) atoms. The van der Waals surface area contributed by atoms with Gasteiger partial charge in [-0.25, -0.2) is 0 Å². The third kappa shape index (κ3) is 14.4. The number of allylic oxidation sites excluding steroid dienone is 2. The number of nitrogens with one attached hydrogen (secondary N) is 1. The van der Waals surface area contributed by atoms with E-state index in [9.17, 15) is 4.79 Å². The van der Waals surface area contributed by atoms with Crippen molar-refractivity contribution in [2.45, 2.75) is 135 Å². The van der Waals surface area contributed by atoms with E-state index in [2.05, 4.69) is 24.4 Å². The van der Waals surface area contributed by atoms with Crippen molar-refractivity contribution < 1.29 is 4.79 Å². The number of unbranched alkanes of at least 4 members (excludes halogenated alkanes) is 11. The Balaban J connectivity index is 1.78. The third-order valence-corrected chi connectivity index (χ3v) is 5.64. The topological polar surface area (TPSA) is 29.1 Å². The van der Waals surface area contributed by atoms with E-state index in [1.165, 1.54) is 109 Å². The van der Waals surface area contributed by atoms with Gasteiger partial charge >= 0.3 is 0 Å². The Morgan fingerprint density at radius 1 is 0.769 bits per heavy atom. The molecule has 0 aromatic carbocycles. The molecule has 0 atom stereocenters. The van der Waals surface area contributed by atoms with Gasteiger partial charge in [0.15, 0.2) is 0 Å². The monoisotopic (exact) mass is 363 g/mol. The number of carbonyl (C=O) groups is 1. The Labute approximate surface area is 163 Å². The molecule has 1 amide bonds. The molecule has 1 aliphatic carbocycles. The molecule has 0 saturated heterocycles. The molecule has 0 heterocycles. The van der Waals surface area contributed by atoms with Crippen LogP contribution >= 0.6 is 0 Å². The Morgan fingerprint density at radius 2 is 1.31 bits per heavy atom. The summed E-state index contributed by atoms with van der Waals surface area (Å²) in [6.45, 7) is 2.28. The normalized spacial score (nSPS) is 15.6. The van der Waals surface area contributed by atoms with E-state index < -0.39 is 0 Å². The Morgan fingerprint density at radius 3 is 1.92 bits per heavy atom. The average Bonchev–Trinajstić information content (AvgIpc) is 2.65. The van der Waals surface area contributed by atoms with Crippen LogP contribution in [0.1, 0.15) is 129 Å². The Kier molecular flexibility index (Phi) is 15.8. The summed E-state index contributed by atoms with van der Waals surface area (Å²) in [5.41, 5.74) is 0. The van der Waals surface area contributed by atoms with Crippen molar-refractivity contribution in [2.24, 2.45) is 0 Å². The lowest BCUT2D eigenvalue weighted by atomic mass is 9.95. The highest BCUT2D eigenvalue weighted by Crippen LogP contribution is 2.17. The van der Waals surface area contributed by atoms with E-state index in [0.29, 0.717) is 6.04 Å². The summed E-state index contributed by atoms with van der Waals surface area (Å²) >= 11 is 0. The summed E-state index contributed by atoms with van der Waals surface area (Å²) in [5, 5.41) is 3.22. The van der Waals surface area contributed by atoms with Gasteiger partial charge in [0.25, 0.3) is 0 Å². The molecule has 0 bridgehead atoms. The second kappa shape index (κ2) is 17.6. The summed E-state index contributed by atoms with van der Waals surface area (Å²) < 4.78 is 0. The highest BCUT2D eigenvalue weighted by Gasteiger charge is 2.14. The van der Waals surface area contributed by atoms with Gasteiger partial charge in [-0.2, -0.15) is 0 Å². The molecular formula is C24H45NO. The van der Waals surface area contributed by atoms with Crippen molar-refractivity contribution in [3.05, 3.63) is 12.2 Å². The number of amides is 1. The molecule has 0 radical (unpaired) electrons. The van der Waals surface area contributed by atoms with Gasteiger partial charge in [0.05, 0.1) is 0 Å². The molecule has 0 aromatic rings. The Hall–Kier alpha value is -0.790. The molecule has 0 aliphatic heterocycles.